The monoisotopic (exact) mass is 245 g/mol. The quantitative estimate of drug-likeness (QED) is 0.893. The Bertz CT molecular complexity index is 540. The standard InChI is InChI=1S/C15H16FNO/c1-17-10-13-8-12(6-7-15(13)18-2)11-4-3-5-14(16)9-11/h3-9,17H,10H2,1-2H3. The van der Waals surface area contributed by atoms with Crippen LogP contribution in [0.1, 0.15) is 5.56 Å². The topological polar surface area (TPSA) is 21.3 Å². The molecule has 94 valence electrons. The van der Waals surface area contributed by atoms with Crippen molar-refractivity contribution in [1.29, 1.82) is 0 Å². The van der Waals surface area contributed by atoms with E-state index < -0.39 is 0 Å². The van der Waals surface area contributed by atoms with Gasteiger partial charge in [-0.15, -0.1) is 0 Å². The summed E-state index contributed by atoms with van der Waals surface area (Å²) in [6.07, 6.45) is 0. The number of hydrogen-bond acceptors (Lipinski definition) is 2. The van der Waals surface area contributed by atoms with Gasteiger partial charge in [0, 0.05) is 12.1 Å². The number of ether oxygens (including phenoxy) is 1. The van der Waals surface area contributed by atoms with Gasteiger partial charge in [-0.1, -0.05) is 18.2 Å². The minimum absolute atomic E-state index is 0.224. The van der Waals surface area contributed by atoms with E-state index in [4.69, 9.17) is 4.74 Å². The highest BCUT2D eigenvalue weighted by molar-refractivity contribution is 5.65. The lowest BCUT2D eigenvalue weighted by Crippen LogP contribution is -2.06. The summed E-state index contributed by atoms with van der Waals surface area (Å²) in [5, 5.41) is 3.09. The number of nitrogens with one attached hydrogen (secondary N) is 1. The third-order valence-corrected chi connectivity index (χ3v) is 2.81. The molecule has 0 aliphatic heterocycles. The summed E-state index contributed by atoms with van der Waals surface area (Å²) in [5.41, 5.74) is 2.91. The van der Waals surface area contributed by atoms with Crippen LogP contribution in [0.15, 0.2) is 42.5 Å². The number of benzene rings is 2. The summed E-state index contributed by atoms with van der Waals surface area (Å²) in [6.45, 7) is 0.715. The number of methoxy groups -OCH3 is 1. The van der Waals surface area contributed by atoms with Crippen molar-refractivity contribution in [2.75, 3.05) is 14.2 Å². The Kier molecular flexibility index (Phi) is 3.95. The average Bonchev–Trinajstić information content (AvgIpc) is 2.39. The molecule has 2 nitrogen and oxygen atoms in total. The van der Waals surface area contributed by atoms with Crippen LogP contribution in [0, 0.1) is 5.82 Å². The molecule has 0 aliphatic carbocycles. The average molecular weight is 245 g/mol. The van der Waals surface area contributed by atoms with Crippen LogP contribution in [0.3, 0.4) is 0 Å². The fourth-order valence-electron chi connectivity index (χ4n) is 1.95. The second-order valence-corrected chi connectivity index (χ2v) is 4.07. The summed E-state index contributed by atoms with van der Waals surface area (Å²) >= 11 is 0. The van der Waals surface area contributed by atoms with Crippen LogP contribution in [0.5, 0.6) is 5.75 Å². The molecule has 0 heterocycles. The van der Waals surface area contributed by atoms with Crippen LogP contribution in [0.2, 0.25) is 0 Å². The van der Waals surface area contributed by atoms with Crippen molar-refractivity contribution in [2.45, 2.75) is 6.54 Å². The van der Waals surface area contributed by atoms with E-state index in [1.165, 1.54) is 12.1 Å². The molecule has 0 spiro atoms. The number of rotatable bonds is 4. The third-order valence-electron chi connectivity index (χ3n) is 2.81. The zero-order chi connectivity index (χ0) is 13.0. The molecule has 0 saturated carbocycles. The van der Waals surface area contributed by atoms with Crippen LogP contribution >= 0.6 is 0 Å². The summed E-state index contributed by atoms with van der Waals surface area (Å²) in [5.74, 6) is 0.614. The molecular formula is C15H16FNO. The Morgan fingerprint density at radius 2 is 1.89 bits per heavy atom. The molecule has 0 atom stereocenters. The van der Waals surface area contributed by atoms with E-state index in [-0.39, 0.29) is 5.82 Å². The van der Waals surface area contributed by atoms with Crippen molar-refractivity contribution in [1.82, 2.24) is 5.32 Å². The van der Waals surface area contributed by atoms with Crippen LogP contribution in [-0.4, -0.2) is 14.2 Å². The van der Waals surface area contributed by atoms with Crippen molar-refractivity contribution in [3.8, 4) is 16.9 Å². The van der Waals surface area contributed by atoms with Crippen molar-refractivity contribution in [3.05, 3.63) is 53.8 Å². The first-order valence-corrected chi connectivity index (χ1v) is 5.82. The van der Waals surface area contributed by atoms with E-state index in [2.05, 4.69) is 5.32 Å². The Labute approximate surface area is 106 Å². The van der Waals surface area contributed by atoms with Gasteiger partial charge in [0.15, 0.2) is 0 Å². The molecule has 18 heavy (non-hydrogen) atoms. The van der Waals surface area contributed by atoms with Crippen molar-refractivity contribution < 1.29 is 9.13 Å². The van der Waals surface area contributed by atoms with Gasteiger partial charge in [-0.3, -0.25) is 0 Å². The molecule has 0 unspecified atom stereocenters. The van der Waals surface area contributed by atoms with Gasteiger partial charge in [-0.2, -0.15) is 0 Å². The van der Waals surface area contributed by atoms with Crippen molar-refractivity contribution in [3.63, 3.8) is 0 Å². The van der Waals surface area contributed by atoms with E-state index in [0.717, 1.165) is 22.4 Å². The number of halogens is 1. The summed E-state index contributed by atoms with van der Waals surface area (Å²) in [4.78, 5) is 0. The largest absolute Gasteiger partial charge is 0.496 e. The maximum atomic E-state index is 13.2. The molecule has 3 heteroatoms. The zero-order valence-electron chi connectivity index (χ0n) is 10.5. The molecule has 0 saturated heterocycles. The molecule has 0 aliphatic rings. The lowest BCUT2D eigenvalue weighted by Gasteiger charge is -2.10. The highest BCUT2D eigenvalue weighted by atomic mass is 19.1. The van der Waals surface area contributed by atoms with E-state index in [0.29, 0.717) is 6.54 Å². The molecule has 2 aromatic carbocycles. The van der Waals surface area contributed by atoms with Crippen LogP contribution < -0.4 is 10.1 Å². The molecule has 0 fully saturated rings. The highest BCUT2D eigenvalue weighted by Crippen LogP contribution is 2.26. The second kappa shape index (κ2) is 5.65. The van der Waals surface area contributed by atoms with E-state index in [1.54, 1.807) is 13.2 Å². The molecule has 0 aromatic heterocycles. The Morgan fingerprint density at radius 3 is 2.56 bits per heavy atom. The van der Waals surface area contributed by atoms with Gasteiger partial charge < -0.3 is 10.1 Å². The highest BCUT2D eigenvalue weighted by Gasteiger charge is 2.05. The lowest BCUT2D eigenvalue weighted by molar-refractivity contribution is 0.408. The van der Waals surface area contributed by atoms with Gasteiger partial charge in [0.2, 0.25) is 0 Å². The molecule has 0 bridgehead atoms. The minimum Gasteiger partial charge on any atom is -0.496 e. The number of hydrogen-bond donors (Lipinski definition) is 1. The maximum Gasteiger partial charge on any atom is 0.123 e. The molecular weight excluding hydrogens is 229 g/mol. The fourth-order valence-corrected chi connectivity index (χ4v) is 1.95. The Morgan fingerprint density at radius 1 is 1.11 bits per heavy atom. The summed E-state index contributed by atoms with van der Waals surface area (Å²) < 4.78 is 18.5. The third kappa shape index (κ3) is 2.68. The van der Waals surface area contributed by atoms with Crippen LogP contribution in [0.4, 0.5) is 4.39 Å². The van der Waals surface area contributed by atoms with E-state index in [9.17, 15) is 4.39 Å². The zero-order valence-corrected chi connectivity index (χ0v) is 10.5. The predicted octanol–water partition coefficient (Wildman–Crippen LogP) is 3.22. The molecule has 0 radical (unpaired) electrons. The van der Waals surface area contributed by atoms with Gasteiger partial charge >= 0.3 is 0 Å². The summed E-state index contributed by atoms with van der Waals surface area (Å²) in [6, 6.07) is 12.5. The maximum absolute atomic E-state index is 13.2. The molecule has 0 amide bonds. The van der Waals surface area contributed by atoms with Crippen molar-refractivity contribution >= 4 is 0 Å². The first kappa shape index (κ1) is 12.6. The Balaban J connectivity index is 2.43. The lowest BCUT2D eigenvalue weighted by atomic mass is 10.0. The predicted molar refractivity (Wildman–Crippen MR) is 71.2 cm³/mol. The van der Waals surface area contributed by atoms with Gasteiger partial charge in [-0.05, 0) is 42.4 Å². The minimum atomic E-state index is -0.224. The van der Waals surface area contributed by atoms with Gasteiger partial charge in [0.05, 0.1) is 7.11 Å². The summed E-state index contributed by atoms with van der Waals surface area (Å²) in [7, 11) is 3.53. The van der Waals surface area contributed by atoms with Crippen LogP contribution in [-0.2, 0) is 6.54 Å². The molecule has 2 aromatic rings. The fraction of sp³-hybridized carbons (Fsp3) is 0.200. The van der Waals surface area contributed by atoms with Gasteiger partial charge in [0.1, 0.15) is 11.6 Å². The molecule has 1 N–H and O–H groups in total. The van der Waals surface area contributed by atoms with E-state index >= 15 is 0 Å². The first-order chi connectivity index (χ1) is 8.74. The molecule has 2 rings (SSSR count). The normalized spacial score (nSPS) is 10.4. The second-order valence-electron chi connectivity index (χ2n) is 4.07. The smallest absolute Gasteiger partial charge is 0.123 e. The Hall–Kier alpha value is -1.87. The van der Waals surface area contributed by atoms with Gasteiger partial charge in [-0.25, -0.2) is 4.39 Å². The first-order valence-electron chi connectivity index (χ1n) is 5.82. The SMILES string of the molecule is CNCc1cc(-c2cccc(F)c2)ccc1OC. The van der Waals surface area contributed by atoms with E-state index in [1.807, 2.05) is 31.3 Å². The van der Waals surface area contributed by atoms with Crippen molar-refractivity contribution in [2.24, 2.45) is 0 Å². The van der Waals surface area contributed by atoms with Crippen LogP contribution in [0.25, 0.3) is 11.1 Å². The van der Waals surface area contributed by atoms with Gasteiger partial charge in [0.25, 0.3) is 0 Å².